The van der Waals surface area contributed by atoms with Crippen LogP contribution in [0.3, 0.4) is 0 Å². The highest BCUT2D eigenvalue weighted by molar-refractivity contribution is 7.92. The topological polar surface area (TPSA) is 83.8 Å². The van der Waals surface area contributed by atoms with Crippen LogP contribution in [0.15, 0.2) is 79.0 Å². The highest BCUT2D eigenvalue weighted by atomic mass is 32.2. The number of hydrogen-bond acceptors (Lipinski definition) is 4. The van der Waals surface area contributed by atoms with Crippen molar-refractivity contribution in [3.63, 3.8) is 0 Å². The summed E-state index contributed by atoms with van der Waals surface area (Å²) < 4.78 is 27.8. The van der Waals surface area contributed by atoms with E-state index < -0.39 is 15.9 Å². The van der Waals surface area contributed by atoms with Crippen LogP contribution in [0.4, 0.5) is 11.5 Å². The van der Waals surface area contributed by atoms with Crippen molar-refractivity contribution in [2.45, 2.75) is 6.92 Å². The molecular weight excluding hydrogens is 412 g/mol. The van der Waals surface area contributed by atoms with Crippen molar-refractivity contribution in [2.24, 2.45) is 0 Å². The summed E-state index contributed by atoms with van der Waals surface area (Å²) in [5.74, 6) is 0.0292. The number of hydrogen-bond donors (Lipinski definition) is 1. The quantitative estimate of drug-likeness (QED) is 0.501. The van der Waals surface area contributed by atoms with Crippen molar-refractivity contribution < 1.29 is 13.2 Å². The highest BCUT2D eigenvalue weighted by Crippen LogP contribution is 2.29. The molecule has 0 saturated carbocycles. The number of sulfonamides is 1. The Kier molecular flexibility index (Phi) is 5.48. The van der Waals surface area contributed by atoms with Crippen LogP contribution in [0.2, 0.25) is 0 Å². The molecule has 158 valence electrons. The SMILES string of the molecule is Cc1ccccc1N(CC(=O)Nc1c(-c2ccccc2)nc2ccccn12)S(C)(=O)=O. The van der Waals surface area contributed by atoms with Crippen LogP contribution in [-0.2, 0) is 14.8 Å². The number of anilines is 2. The summed E-state index contributed by atoms with van der Waals surface area (Å²) in [5.41, 5.74) is 3.37. The third-order valence-electron chi connectivity index (χ3n) is 4.91. The van der Waals surface area contributed by atoms with Gasteiger partial charge < -0.3 is 5.32 Å². The fourth-order valence-corrected chi connectivity index (χ4v) is 4.35. The molecule has 1 N–H and O–H groups in total. The summed E-state index contributed by atoms with van der Waals surface area (Å²) in [6, 6.07) is 22.1. The van der Waals surface area contributed by atoms with Crippen molar-refractivity contribution in [3.8, 4) is 11.3 Å². The zero-order valence-electron chi connectivity index (χ0n) is 17.2. The molecule has 0 aliphatic carbocycles. The zero-order valence-corrected chi connectivity index (χ0v) is 18.0. The molecule has 0 aliphatic heterocycles. The van der Waals surface area contributed by atoms with Gasteiger partial charge in [0.15, 0.2) is 0 Å². The van der Waals surface area contributed by atoms with Gasteiger partial charge in [-0.2, -0.15) is 0 Å². The van der Waals surface area contributed by atoms with E-state index in [0.29, 0.717) is 22.8 Å². The summed E-state index contributed by atoms with van der Waals surface area (Å²) >= 11 is 0. The van der Waals surface area contributed by atoms with Crippen LogP contribution in [0, 0.1) is 6.92 Å². The molecule has 8 heteroatoms. The van der Waals surface area contributed by atoms with E-state index in [1.54, 1.807) is 22.7 Å². The van der Waals surface area contributed by atoms with E-state index in [2.05, 4.69) is 10.3 Å². The number of pyridine rings is 1. The fourth-order valence-electron chi connectivity index (χ4n) is 3.44. The Balaban J connectivity index is 1.71. The molecule has 4 rings (SSSR count). The Labute approximate surface area is 181 Å². The summed E-state index contributed by atoms with van der Waals surface area (Å²) in [6.45, 7) is 1.46. The second-order valence-electron chi connectivity index (χ2n) is 7.21. The second-order valence-corrected chi connectivity index (χ2v) is 9.11. The van der Waals surface area contributed by atoms with E-state index >= 15 is 0 Å². The first-order valence-electron chi connectivity index (χ1n) is 9.70. The van der Waals surface area contributed by atoms with Gasteiger partial charge in [-0.3, -0.25) is 13.5 Å². The van der Waals surface area contributed by atoms with E-state index in [4.69, 9.17) is 0 Å². The minimum atomic E-state index is -3.67. The molecule has 0 unspecified atom stereocenters. The minimum absolute atomic E-state index is 0.349. The number of aromatic nitrogens is 2. The average Bonchev–Trinajstić information content (AvgIpc) is 3.11. The molecule has 7 nitrogen and oxygen atoms in total. The Hall–Kier alpha value is -3.65. The van der Waals surface area contributed by atoms with Crippen LogP contribution in [0.5, 0.6) is 0 Å². The molecule has 2 heterocycles. The van der Waals surface area contributed by atoms with Crippen LogP contribution in [0.25, 0.3) is 16.9 Å². The lowest BCUT2D eigenvalue weighted by Crippen LogP contribution is -2.38. The molecule has 0 aliphatic rings. The highest BCUT2D eigenvalue weighted by Gasteiger charge is 2.24. The predicted octanol–water partition coefficient (Wildman–Crippen LogP) is 3.71. The monoisotopic (exact) mass is 434 g/mol. The third-order valence-corrected chi connectivity index (χ3v) is 6.03. The molecule has 2 aromatic carbocycles. The van der Waals surface area contributed by atoms with E-state index in [9.17, 15) is 13.2 Å². The maximum atomic E-state index is 13.0. The number of benzene rings is 2. The molecule has 0 fully saturated rings. The molecule has 0 atom stereocenters. The normalized spacial score (nSPS) is 11.4. The van der Waals surface area contributed by atoms with Gasteiger partial charge >= 0.3 is 0 Å². The Morgan fingerprint density at radius 3 is 2.39 bits per heavy atom. The van der Waals surface area contributed by atoms with Gasteiger partial charge in [0, 0.05) is 11.8 Å². The van der Waals surface area contributed by atoms with Gasteiger partial charge in [0.05, 0.1) is 11.9 Å². The summed E-state index contributed by atoms with van der Waals surface area (Å²) in [6.07, 6.45) is 2.90. The number of aryl methyl sites for hydroxylation is 1. The molecule has 0 saturated heterocycles. The van der Waals surface area contributed by atoms with Gasteiger partial charge in [0.25, 0.3) is 0 Å². The van der Waals surface area contributed by atoms with Gasteiger partial charge in [-0.05, 0) is 30.7 Å². The van der Waals surface area contributed by atoms with Gasteiger partial charge in [-0.1, -0.05) is 54.6 Å². The number of amides is 1. The fraction of sp³-hybridized carbons (Fsp3) is 0.130. The molecular formula is C23H22N4O3S. The maximum absolute atomic E-state index is 13.0. The summed E-state index contributed by atoms with van der Waals surface area (Å²) in [4.78, 5) is 17.7. The number of carbonyl (C=O) groups excluding carboxylic acids is 1. The average molecular weight is 435 g/mol. The number of imidazole rings is 1. The van der Waals surface area contributed by atoms with Crippen LogP contribution >= 0.6 is 0 Å². The Morgan fingerprint density at radius 1 is 1.00 bits per heavy atom. The first-order chi connectivity index (χ1) is 14.8. The molecule has 1 amide bonds. The lowest BCUT2D eigenvalue weighted by atomic mass is 10.1. The van der Waals surface area contributed by atoms with Crippen molar-refractivity contribution >= 4 is 33.1 Å². The van der Waals surface area contributed by atoms with Crippen LogP contribution < -0.4 is 9.62 Å². The number of carbonyl (C=O) groups is 1. The predicted molar refractivity (Wildman–Crippen MR) is 123 cm³/mol. The lowest BCUT2D eigenvalue weighted by molar-refractivity contribution is -0.114. The molecule has 4 aromatic rings. The number of fused-ring (bicyclic) bond motifs is 1. The second kappa shape index (κ2) is 8.23. The summed E-state index contributed by atoms with van der Waals surface area (Å²) in [7, 11) is -3.67. The number of nitrogens with zero attached hydrogens (tertiary/aromatic N) is 3. The first-order valence-corrected chi connectivity index (χ1v) is 11.5. The number of nitrogens with one attached hydrogen (secondary N) is 1. The van der Waals surface area contributed by atoms with E-state index in [0.717, 1.165) is 21.7 Å². The third kappa shape index (κ3) is 4.29. The molecule has 0 radical (unpaired) electrons. The van der Waals surface area contributed by atoms with Crippen molar-refractivity contribution in [3.05, 3.63) is 84.6 Å². The zero-order chi connectivity index (χ0) is 22.0. The Bertz CT molecular complexity index is 1350. The van der Waals surface area contributed by atoms with E-state index in [-0.39, 0.29) is 6.54 Å². The van der Waals surface area contributed by atoms with Crippen LogP contribution in [0.1, 0.15) is 5.56 Å². The maximum Gasteiger partial charge on any atom is 0.246 e. The smallest absolute Gasteiger partial charge is 0.246 e. The van der Waals surface area contributed by atoms with E-state index in [1.807, 2.05) is 67.6 Å². The lowest BCUT2D eigenvalue weighted by Gasteiger charge is -2.23. The molecule has 0 bridgehead atoms. The first kappa shape index (κ1) is 20.6. The van der Waals surface area contributed by atoms with Gasteiger partial charge in [-0.15, -0.1) is 0 Å². The largest absolute Gasteiger partial charge is 0.308 e. The van der Waals surface area contributed by atoms with Gasteiger partial charge in [0.1, 0.15) is 23.7 Å². The molecule has 0 spiro atoms. The van der Waals surface area contributed by atoms with Crippen molar-refractivity contribution in [1.82, 2.24) is 9.38 Å². The van der Waals surface area contributed by atoms with E-state index in [1.165, 1.54) is 0 Å². The van der Waals surface area contributed by atoms with Gasteiger partial charge in [0.2, 0.25) is 15.9 Å². The minimum Gasteiger partial charge on any atom is -0.308 e. The van der Waals surface area contributed by atoms with Crippen molar-refractivity contribution in [1.29, 1.82) is 0 Å². The summed E-state index contributed by atoms with van der Waals surface area (Å²) in [5, 5.41) is 2.88. The van der Waals surface area contributed by atoms with Gasteiger partial charge in [-0.25, -0.2) is 13.4 Å². The number of para-hydroxylation sites is 1. The standard InChI is InChI=1S/C23H22N4O3S/c1-17-10-6-7-13-19(17)27(31(2,29)30)16-21(28)25-23-22(18-11-4-3-5-12-18)24-20-14-8-9-15-26(20)23/h3-15H,16H2,1-2H3,(H,25,28). The molecule has 31 heavy (non-hydrogen) atoms. The molecule has 2 aromatic heterocycles. The van der Waals surface area contributed by atoms with Crippen molar-refractivity contribution in [2.75, 3.05) is 22.4 Å². The number of rotatable bonds is 6. The van der Waals surface area contributed by atoms with Crippen LogP contribution in [-0.4, -0.2) is 36.5 Å². The Morgan fingerprint density at radius 2 is 1.68 bits per heavy atom.